The SMILES string of the molecule is c1ccc(-c2cc(Nc3cccc4ccccc34)ccc2-c2ccc(Nc3cccc4ccccc34)cc2)cc1. The van der Waals surface area contributed by atoms with Crippen LogP contribution in [-0.2, 0) is 0 Å². The Morgan fingerprint density at radius 3 is 1.48 bits per heavy atom. The number of fused-ring (bicyclic) bond motifs is 2. The van der Waals surface area contributed by atoms with Gasteiger partial charge in [0, 0.05) is 33.5 Å². The third-order valence-electron chi connectivity index (χ3n) is 7.44. The zero-order chi connectivity index (χ0) is 26.7. The number of anilines is 4. The van der Waals surface area contributed by atoms with Crippen LogP contribution in [0.2, 0.25) is 0 Å². The van der Waals surface area contributed by atoms with Gasteiger partial charge >= 0.3 is 0 Å². The lowest BCUT2D eigenvalue weighted by atomic mass is 9.93. The minimum absolute atomic E-state index is 1.06. The zero-order valence-electron chi connectivity index (χ0n) is 22.0. The van der Waals surface area contributed by atoms with E-state index in [0.29, 0.717) is 0 Å². The summed E-state index contributed by atoms with van der Waals surface area (Å²) in [6.07, 6.45) is 0. The summed E-state index contributed by atoms with van der Waals surface area (Å²) in [4.78, 5) is 0. The van der Waals surface area contributed by atoms with Crippen LogP contribution in [0, 0.1) is 0 Å². The van der Waals surface area contributed by atoms with Crippen molar-refractivity contribution in [2.24, 2.45) is 0 Å². The maximum Gasteiger partial charge on any atom is 0.0463 e. The first-order valence-electron chi connectivity index (χ1n) is 13.6. The molecule has 40 heavy (non-hydrogen) atoms. The van der Waals surface area contributed by atoms with Crippen LogP contribution in [0.3, 0.4) is 0 Å². The van der Waals surface area contributed by atoms with E-state index in [1.807, 2.05) is 0 Å². The molecule has 0 aliphatic rings. The Labute approximate surface area is 234 Å². The Balaban J connectivity index is 1.23. The van der Waals surface area contributed by atoms with Crippen molar-refractivity contribution in [1.29, 1.82) is 0 Å². The lowest BCUT2D eigenvalue weighted by molar-refractivity contribution is 1.53. The predicted molar refractivity (Wildman–Crippen MR) is 172 cm³/mol. The second-order valence-electron chi connectivity index (χ2n) is 10.0. The maximum atomic E-state index is 3.68. The van der Waals surface area contributed by atoms with Crippen LogP contribution < -0.4 is 10.6 Å². The molecule has 7 rings (SSSR count). The summed E-state index contributed by atoms with van der Waals surface area (Å²) in [5, 5.41) is 12.2. The van der Waals surface area contributed by atoms with Crippen molar-refractivity contribution in [1.82, 2.24) is 0 Å². The monoisotopic (exact) mass is 512 g/mol. The molecule has 0 saturated heterocycles. The van der Waals surface area contributed by atoms with Gasteiger partial charge in [0.1, 0.15) is 0 Å². The molecule has 2 heteroatoms. The second kappa shape index (κ2) is 10.4. The molecule has 0 atom stereocenters. The van der Waals surface area contributed by atoms with E-state index < -0.39 is 0 Å². The van der Waals surface area contributed by atoms with Gasteiger partial charge in [0.2, 0.25) is 0 Å². The normalized spacial score (nSPS) is 11.0. The predicted octanol–water partition coefficient (Wildman–Crippen LogP) is 10.8. The Hall–Kier alpha value is -5.34. The van der Waals surface area contributed by atoms with Gasteiger partial charge < -0.3 is 10.6 Å². The van der Waals surface area contributed by atoms with Crippen molar-refractivity contribution in [3.05, 3.63) is 158 Å². The van der Waals surface area contributed by atoms with Gasteiger partial charge in [-0.2, -0.15) is 0 Å². The van der Waals surface area contributed by atoms with Gasteiger partial charge in [-0.15, -0.1) is 0 Å². The van der Waals surface area contributed by atoms with E-state index in [0.717, 1.165) is 22.7 Å². The molecule has 0 radical (unpaired) electrons. The number of benzene rings is 7. The molecule has 0 amide bonds. The summed E-state index contributed by atoms with van der Waals surface area (Å²) in [5.41, 5.74) is 9.11. The standard InChI is InChI=1S/C38H28N2/c1-2-10-29(11-3-1)36-26-32(40-38-19-9-15-28-13-5-7-17-35(28)38)24-25-33(36)30-20-22-31(23-21-30)39-37-18-8-14-27-12-4-6-16-34(27)37/h1-26,39-40H. The summed E-state index contributed by atoms with van der Waals surface area (Å²) < 4.78 is 0. The molecular weight excluding hydrogens is 484 g/mol. The van der Waals surface area contributed by atoms with Gasteiger partial charge in [-0.1, -0.05) is 121 Å². The number of hydrogen-bond donors (Lipinski definition) is 2. The van der Waals surface area contributed by atoms with Crippen LogP contribution in [0.25, 0.3) is 43.8 Å². The largest absolute Gasteiger partial charge is 0.355 e. The molecule has 190 valence electrons. The molecule has 0 aliphatic carbocycles. The van der Waals surface area contributed by atoms with E-state index >= 15 is 0 Å². The third kappa shape index (κ3) is 4.68. The summed E-state index contributed by atoms with van der Waals surface area (Å²) in [7, 11) is 0. The first-order chi connectivity index (χ1) is 19.8. The number of hydrogen-bond acceptors (Lipinski definition) is 2. The highest BCUT2D eigenvalue weighted by Gasteiger charge is 2.11. The Bertz CT molecular complexity index is 1930. The summed E-state index contributed by atoms with van der Waals surface area (Å²) in [6.45, 7) is 0. The van der Waals surface area contributed by atoms with Crippen molar-refractivity contribution in [3.8, 4) is 22.3 Å². The fraction of sp³-hybridized carbons (Fsp3) is 0. The second-order valence-corrected chi connectivity index (χ2v) is 10.0. The van der Waals surface area contributed by atoms with Crippen molar-refractivity contribution in [2.45, 2.75) is 0 Å². The highest BCUT2D eigenvalue weighted by molar-refractivity contribution is 5.97. The van der Waals surface area contributed by atoms with Crippen LogP contribution in [-0.4, -0.2) is 0 Å². The highest BCUT2D eigenvalue weighted by Crippen LogP contribution is 2.37. The summed E-state index contributed by atoms with van der Waals surface area (Å²) >= 11 is 0. The topological polar surface area (TPSA) is 24.1 Å². The van der Waals surface area contributed by atoms with E-state index in [9.17, 15) is 0 Å². The van der Waals surface area contributed by atoms with Crippen molar-refractivity contribution >= 4 is 44.3 Å². The maximum absolute atomic E-state index is 3.68. The van der Waals surface area contributed by atoms with Gasteiger partial charge in [0.05, 0.1) is 0 Å². The van der Waals surface area contributed by atoms with Gasteiger partial charge in [-0.05, 0) is 69.4 Å². The fourth-order valence-electron chi connectivity index (χ4n) is 5.44. The molecule has 0 saturated carbocycles. The lowest BCUT2D eigenvalue weighted by Crippen LogP contribution is -1.94. The van der Waals surface area contributed by atoms with Gasteiger partial charge in [0.15, 0.2) is 0 Å². The molecule has 7 aromatic rings. The van der Waals surface area contributed by atoms with Gasteiger partial charge in [-0.3, -0.25) is 0 Å². The average molecular weight is 513 g/mol. The molecule has 0 aromatic heterocycles. The van der Waals surface area contributed by atoms with Crippen molar-refractivity contribution < 1.29 is 0 Å². The smallest absolute Gasteiger partial charge is 0.0463 e. The Kier molecular flexibility index (Phi) is 6.20. The Morgan fingerprint density at radius 2 is 0.825 bits per heavy atom. The molecule has 0 heterocycles. The number of nitrogens with one attached hydrogen (secondary N) is 2. The molecule has 0 unspecified atom stereocenters. The fourth-order valence-corrected chi connectivity index (χ4v) is 5.44. The zero-order valence-corrected chi connectivity index (χ0v) is 22.0. The Morgan fingerprint density at radius 1 is 0.325 bits per heavy atom. The molecule has 0 fully saturated rings. The van der Waals surface area contributed by atoms with Crippen LogP contribution in [0.1, 0.15) is 0 Å². The van der Waals surface area contributed by atoms with E-state index in [4.69, 9.17) is 0 Å². The number of rotatable bonds is 6. The lowest BCUT2D eigenvalue weighted by Gasteiger charge is -2.16. The van der Waals surface area contributed by atoms with E-state index in [-0.39, 0.29) is 0 Å². The van der Waals surface area contributed by atoms with Crippen LogP contribution in [0.5, 0.6) is 0 Å². The molecule has 2 nitrogen and oxygen atoms in total. The van der Waals surface area contributed by atoms with Gasteiger partial charge in [0.25, 0.3) is 0 Å². The van der Waals surface area contributed by atoms with Crippen molar-refractivity contribution in [3.63, 3.8) is 0 Å². The van der Waals surface area contributed by atoms with Crippen LogP contribution in [0.15, 0.2) is 158 Å². The van der Waals surface area contributed by atoms with Crippen molar-refractivity contribution in [2.75, 3.05) is 10.6 Å². The van der Waals surface area contributed by atoms with Crippen LogP contribution >= 0.6 is 0 Å². The average Bonchev–Trinajstić information content (AvgIpc) is 3.02. The van der Waals surface area contributed by atoms with E-state index in [2.05, 4.69) is 168 Å². The molecule has 0 aliphatic heterocycles. The molecule has 0 bridgehead atoms. The first kappa shape index (κ1) is 23.8. The third-order valence-corrected chi connectivity index (χ3v) is 7.44. The molecule has 7 aromatic carbocycles. The van der Waals surface area contributed by atoms with E-state index in [1.54, 1.807) is 0 Å². The summed E-state index contributed by atoms with van der Waals surface area (Å²) in [5.74, 6) is 0. The molecular formula is C38H28N2. The first-order valence-corrected chi connectivity index (χ1v) is 13.6. The minimum Gasteiger partial charge on any atom is -0.355 e. The molecule has 2 N–H and O–H groups in total. The molecule has 0 spiro atoms. The van der Waals surface area contributed by atoms with Gasteiger partial charge in [-0.25, -0.2) is 0 Å². The van der Waals surface area contributed by atoms with E-state index in [1.165, 1.54) is 43.8 Å². The highest BCUT2D eigenvalue weighted by atomic mass is 14.9. The minimum atomic E-state index is 1.06. The quantitative estimate of drug-likeness (QED) is 0.231. The van der Waals surface area contributed by atoms with Crippen LogP contribution in [0.4, 0.5) is 22.7 Å². The summed E-state index contributed by atoms with van der Waals surface area (Å²) in [6, 6.07) is 55.7.